The van der Waals surface area contributed by atoms with E-state index in [0.717, 1.165) is 0 Å². The molecule has 80 valence electrons. The highest BCUT2D eigenvalue weighted by molar-refractivity contribution is 4.67. The second-order valence-corrected chi connectivity index (χ2v) is 2.84. The number of halogens is 2. The fraction of sp³-hybridized carbons (Fsp3) is 1.00. The zero-order valence-electron chi connectivity index (χ0n) is 8.22. The molecule has 0 aromatic carbocycles. The molecule has 0 aromatic rings. The minimum atomic E-state index is -2.35. The summed E-state index contributed by atoms with van der Waals surface area (Å²) in [5.41, 5.74) is 0. The Morgan fingerprint density at radius 3 is 2.31 bits per heavy atom. The van der Waals surface area contributed by atoms with Gasteiger partial charge in [-0.05, 0) is 6.92 Å². The lowest BCUT2D eigenvalue weighted by Gasteiger charge is -2.18. The Morgan fingerprint density at radius 2 is 1.92 bits per heavy atom. The highest BCUT2D eigenvalue weighted by Crippen LogP contribution is 1.99. The van der Waals surface area contributed by atoms with Crippen molar-refractivity contribution in [1.82, 2.24) is 5.32 Å². The molecule has 0 aliphatic carbocycles. The molecular weight excluding hydrogens is 180 g/mol. The van der Waals surface area contributed by atoms with Crippen molar-refractivity contribution in [2.24, 2.45) is 0 Å². The van der Waals surface area contributed by atoms with Gasteiger partial charge in [0.25, 0.3) is 6.43 Å². The predicted octanol–water partition coefficient (Wildman–Crippen LogP) is 0.891. The summed E-state index contributed by atoms with van der Waals surface area (Å²) in [6, 6.07) is -0.811. The van der Waals surface area contributed by atoms with E-state index in [1.165, 1.54) is 14.0 Å². The number of alkyl halides is 2. The smallest absolute Gasteiger partial charge is 0.253 e. The molecule has 0 fully saturated rings. The van der Waals surface area contributed by atoms with Crippen molar-refractivity contribution in [2.75, 3.05) is 27.4 Å². The maximum absolute atomic E-state index is 12.0. The van der Waals surface area contributed by atoms with Crippen molar-refractivity contribution in [3.63, 3.8) is 0 Å². The van der Waals surface area contributed by atoms with Crippen LogP contribution in [0.25, 0.3) is 0 Å². The summed E-state index contributed by atoms with van der Waals surface area (Å²) in [6.07, 6.45) is -2.52. The van der Waals surface area contributed by atoms with Gasteiger partial charge in [0.15, 0.2) is 0 Å². The van der Waals surface area contributed by atoms with Gasteiger partial charge in [-0.15, -0.1) is 0 Å². The highest BCUT2D eigenvalue weighted by Gasteiger charge is 2.15. The average molecular weight is 197 g/mol. The summed E-state index contributed by atoms with van der Waals surface area (Å²) >= 11 is 0. The first-order valence-corrected chi connectivity index (χ1v) is 4.15. The van der Waals surface area contributed by atoms with Crippen LogP contribution in [0.3, 0.4) is 0 Å². The summed E-state index contributed by atoms with van der Waals surface area (Å²) in [5, 5.41) is 2.66. The van der Waals surface area contributed by atoms with E-state index >= 15 is 0 Å². The van der Waals surface area contributed by atoms with Gasteiger partial charge in [-0.25, -0.2) is 8.78 Å². The summed E-state index contributed by atoms with van der Waals surface area (Å²) in [7, 11) is 3.07. The van der Waals surface area contributed by atoms with E-state index in [4.69, 9.17) is 9.47 Å². The minimum Gasteiger partial charge on any atom is -0.382 e. The van der Waals surface area contributed by atoms with Gasteiger partial charge in [0.05, 0.1) is 18.8 Å². The molecule has 3 nitrogen and oxygen atoms in total. The Morgan fingerprint density at radius 1 is 1.31 bits per heavy atom. The van der Waals surface area contributed by atoms with Gasteiger partial charge in [0.2, 0.25) is 0 Å². The number of hydrogen-bond acceptors (Lipinski definition) is 3. The quantitative estimate of drug-likeness (QED) is 0.657. The molecule has 0 radical (unpaired) electrons. The lowest BCUT2D eigenvalue weighted by Crippen LogP contribution is -2.40. The van der Waals surface area contributed by atoms with Crippen molar-refractivity contribution in [2.45, 2.75) is 25.5 Å². The average Bonchev–Trinajstić information content (AvgIpc) is 2.11. The van der Waals surface area contributed by atoms with Crippen LogP contribution in [0.5, 0.6) is 0 Å². The third kappa shape index (κ3) is 5.90. The van der Waals surface area contributed by atoms with Crippen molar-refractivity contribution < 1.29 is 18.3 Å². The van der Waals surface area contributed by atoms with Crippen LogP contribution in [0.4, 0.5) is 8.78 Å². The van der Waals surface area contributed by atoms with E-state index in [1.54, 1.807) is 7.11 Å². The number of ether oxygens (including phenoxy) is 2. The number of methoxy groups -OCH3 is 2. The fourth-order valence-electron chi connectivity index (χ4n) is 0.803. The lowest BCUT2D eigenvalue weighted by molar-refractivity contribution is 0.0212. The summed E-state index contributed by atoms with van der Waals surface area (Å²) in [5.74, 6) is 0. The molecule has 0 spiro atoms. The van der Waals surface area contributed by atoms with Crippen LogP contribution >= 0.6 is 0 Å². The number of rotatable bonds is 7. The normalized spacial score (nSPS) is 16.2. The van der Waals surface area contributed by atoms with Gasteiger partial charge in [-0.3, -0.25) is 0 Å². The number of hydrogen-bond donors (Lipinski definition) is 1. The molecule has 0 saturated heterocycles. The minimum absolute atomic E-state index is 0.175. The highest BCUT2D eigenvalue weighted by atomic mass is 19.3. The van der Waals surface area contributed by atoms with Crippen LogP contribution in [0.2, 0.25) is 0 Å². The molecule has 0 saturated carbocycles. The molecule has 0 aliphatic heterocycles. The molecule has 5 heteroatoms. The van der Waals surface area contributed by atoms with Crippen LogP contribution < -0.4 is 5.32 Å². The Balaban J connectivity index is 3.58. The van der Waals surface area contributed by atoms with E-state index in [1.807, 2.05) is 0 Å². The van der Waals surface area contributed by atoms with Gasteiger partial charge in [0, 0.05) is 20.8 Å². The first-order valence-electron chi connectivity index (χ1n) is 4.15. The second kappa shape index (κ2) is 7.17. The SMILES string of the molecule is COCC(CNC(C)C(F)F)OC. The third-order valence-corrected chi connectivity index (χ3v) is 1.73. The molecule has 0 heterocycles. The summed E-state index contributed by atoms with van der Waals surface area (Å²) in [4.78, 5) is 0. The van der Waals surface area contributed by atoms with Gasteiger partial charge in [-0.1, -0.05) is 0 Å². The van der Waals surface area contributed by atoms with Gasteiger partial charge < -0.3 is 14.8 Å². The molecule has 13 heavy (non-hydrogen) atoms. The van der Waals surface area contributed by atoms with Gasteiger partial charge >= 0.3 is 0 Å². The van der Waals surface area contributed by atoms with Crippen molar-refractivity contribution in [1.29, 1.82) is 0 Å². The second-order valence-electron chi connectivity index (χ2n) is 2.84. The lowest BCUT2D eigenvalue weighted by atomic mass is 10.3. The molecule has 2 atom stereocenters. The molecule has 2 unspecified atom stereocenters. The maximum Gasteiger partial charge on any atom is 0.253 e. The first-order chi connectivity index (χ1) is 6.11. The molecule has 0 aliphatic rings. The fourth-order valence-corrected chi connectivity index (χ4v) is 0.803. The summed E-state index contributed by atoms with van der Waals surface area (Å²) in [6.45, 7) is 2.21. The Hall–Kier alpha value is -0.260. The Bertz CT molecular complexity index is 125. The predicted molar refractivity (Wildman–Crippen MR) is 46.1 cm³/mol. The van der Waals surface area contributed by atoms with Crippen LogP contribution in [0.1, 0.15) is 6.92 Å². The monoisotopic (exact) mass is 197 g/mol. The van der Waals surface area contributed by atoms with Crippen molar-refractivity contribution in [3.8, 4) is 0 Å². The maximum atomic E-state index is 12.0. The van der Waals surface area contributed by atoms with Gasteiger partial charge in [-0.2, -0.15) is 0 Å². The van der Waals surface area contributed by atoms with E-state index in [-0.39, 0.29) is 6.10 Å². The molecule has 0 bridgehead atoms. The molecule has 1 N–H and O–H groups in total. The Kier molecular flexibility index (Phi) is 7.03. The van der Waals surface area contributed by atoms with Crippen molar-refractivity contribution in [3.05, 3.63) is 0 Å². The van der Waals surface area contributed by atoms with Gasteiger partial charge in [0.1, 0.15) is 0 Å². The van der Waals surface area contributed by atoms with Crippen LogP contribution in [-0.2, 0) is 9.47 Å². The number of nitrogens with one attached hydrogen (secondary N) is 1. The van der Waals surface area contributed by atoms with Crippen molar-refractivity contribution >= 4 is 0 Å². The largest absolute Gasteiger partial charge is 0.382 e. The summed E-state index contributed by atoms with van der Waals surface area (Å²) < 4.78 is 33.9. The van der Waals surface area contributed by atoms with Crippen LogP contribution in [0, 0.1) is 0 Å². The molecule has 0 aromatic heterocycles. The zero-order chi connectivity index (χ0) is 10.3. The molecule has 0 amide bonds. The Labute approximate surface area is 77.4 Å². The third-order valence-electron chi connectivity index (χ3n) is 1.73. The topological polar surface area (TPSA) is 30.5 Å². The molecule has 0 rings (SSSR count). The van der Waals surface area contributed by atoms with E-state index < -0.39 is 12.5 Å². The van der Waals surface area contributed by atoms with E-state index in [9.17, 15) is 8.78 Å². The van der Waals surface area contributed by atoms with E-state index in [2.05, 4.69) is 5.32 Å². The van der Waals surface area contributed by atoms with Crippen LogP contribution in [0.15, 0.2) is 0 Å². The van der Waals surface area contributed by atoms with E-state index in [0.29, 0.717) is 13.2 Å². The standard InChI is InChI=1S/C8H17F2NO2/c1-6(8(9)10)11-4-7(13-3)5-12-2/h6-8,11H,4-5H2,1-3H3. The first kappa shape index (κ1) is 12.7. The molecular formula is C8H17F2NO2. The van der Waals surface area contributed by atoms with Crippen LogP contribution in [-0.4, -0.2) is 45.9 Å². The zero-order valence-corrected chi connectivity index (χ0v) is 8.22.